The van der Waals surface area contributed by atoms with Gasteiger partial charge in [0, 0.05) is 12.0 Å². The van der Waals surface area contributed by atoms with Crippen LogP contribution >= 0.6 is 0 Å². The van der Waals surface area contributed by atoms with E-state index in [1.54, 1.807) is 18.2 Å². The van der Waals surface area contributed by atoms with Crippen LogP contribution in [0.2, 0.25) is 0 Å². The molecule has 8 heteroatoms. The van der Waals surface area contributed by atoms with Crippen LogP contribution < -0.4 is 9.88 Å². The molecule has 3 N–H and O–H groups in total. The highest BCUT2D eigenvalue weighted by Crippen LogP contribution is 2.19. The summed E-state index contributed by atoms with van der Waals surface area (Å²) in [7, 11) is -2.41. The molecule has 0 aromatic heterocycles. The van der Waals surface area contributed by atoms with Crippen molar-refractivity contribution < 1.29 is 22.8 Å². The largest absolute Gasteiger partial charge is 0.494 e. The second-order valence-corrected chi connectivity index (χ2v) is 6.32. The third-order valence-corrected chi connectivity index (χ3v) is 4.16. The van der Waals surface area contributed by atoms with Gasteiger partial charge in [-0.3, -0.25) is 0 Å². The zero-order chi connectivity index (χ0) is 17.0. The van der Waals surface area contributed by atoms with Crippen LogP contribution in [0.25, 0.3) is 0 Å². The highest BCUT2D eigenvalue weighted by Gasteiger charge is 2.12. The van der Waals surface area contributed by atoms with E-state index in [0.717, 1.165) is 0 Å². The Kier molecular flexibility index (Phi) is 4.97. The van der Waals surface area contributed by atoms with Crippen molar-refractivity contribution >= 4 is 15.7 Å². The molecule has 0 spiro atoms. The Morgan fingerprint density at radius 2 is 1.91 bits per heavy atom. The van der Waals surface area contributed by atoms with Crippen molar-refractivity contribution in [2.45, 2.75) is 11.3 Å². The van der Waals surface area contributed by atoms with Gasteiger partial charge in [0.1, 0.15) is 0 Å². The van der Waals surface area contributed by atoms with Crippen LogP contribution in [0.5, 0.6) is 5.75 Å². The third-order valence-electron chi connectivity index (χ3n) is 3.23. The van der Waals surface area contributed by atoms with Crippen molar-refractivity contribution in [3.8, 4) is 5.75 Å². The van der Waals surface area contributed by atoms with E-state index in [0.29, 0.717) is 11.1 Å². The number of benzene rings is 2. The van der Waals surface area contributed by atoms with Gasteiger partial charge in [0.15, 0.2) is 11.6 Å². The number of nitrogens with two attached hydrogens (primary N) is 1. The van der Waals surface area contributed by atoms with Crippen LogP contribution in [0.4, 0.5) is 4.39 Å². The van der Waals surface area contributed by atoms with Crippen LogP contribution in [0.15, 0.2) is 52.5 Å². The first-order chi connectivity index (χ1) is 10.8. The van der Waals surface area contributed by atoms with Crippen LogP contribution in [0.3, 0.4) is 0 Å². The topological polar surface area (TPSA) is 102 Å². The SMILES string of the molecule is COc1ccc(C(Cc2ccc(S(N)(=O)=O)cc2)=NO)cc1F. The minimum absolute atomic E-state index is 0.0146. The number of hydrogen-bond acceptors (Lipinski definition) is 5. The van der Waals surface area contributed by atoms with Gasteiger partial charge in [0.2, 0.25) is 10.0 Å². The van der Waals surface area contributed by atoms with Crippen molar-refractivity contribution in [2.75, 3.05) is 7.11 Å². The summed E-state index contributed by atoms with van der Waals surface area (Å²) in [6.07, 6.45) is 0.188. The Morgan fingerprint density at radius 3 is 2.39 bits per heavy atom. The van der Waals surface area contributed by atoms with Gasteiger partial charge >= 0.3 is 0 Å². The molecule has 0 aliphatic heterocycles. The summed E-state index contributed by atoms with van der Waals surface area (Å²) < 4.78 is 41.0. The molecule has 0 unspecified atom stereocenters. The molecule has 2 aromatic carbocycles. The van der Waals surface area contributed by atoms with Crippen molar-refractivity contribution in [2.24, 2.45) is 10.3 Å². The molecular formula is C15H15FN2O4S. The first-order valence-electron chi connectivity index (χ1n) is 6.51. The first kappa shape index (κ1) is 16.9. The molecule has 23 heavy (non-hydrogen) atoms. The second-order valence-electron chi connectivity index (χ2n) is 4.76. The Morgan fingerprint density at radius 1 is 1.26 bits per heavy atom. The van der Waals surface area contributed by atoms with E-state index in [1.807, 2.05) is 0 Å². The maximum absolute atomic E-state index is 13.7. The van der Waals surface area contributed by atoms with Gasteiger partial charge in [0.25, 0.3) is 0 Å². The van der Waals surface area contributed by atoms with Crippen LogP contribution in [0, 0.1) is 5.82 Å². The molecule has 0 radical (unpaired) electrons. The minimum Gasteiger partial charge on any atom is -0.494 e. The zero-order valence-electron chi connectivity index (χ0n) is 12.2. The van der Waals surface area contributed by atoms with E-state index in [1.165, 1.54) is 31.4 Å². The second kappa shape index (κ2) is 6.76. The number of methoxy groups -OCH3 is 1. The van der Waals surface area contributed by atoms with Gasteiger partial charge < -0.3 is 9.94 Å². The molecule has 2 aromatic rings. The molecule has 0 bridgehead atoms. The lowest BCUT2D eigenvalue weighted by atomic mass is 10.0. The molecule has 0 fully saturated rings. The molecule has 0 heterocycles. The Bertz CT molecular complexity index is 833. The summed E-state index contributed by atoms with van der Waals surface area (Å²) >= 11 is 0. The number of hydrogen-bond donors (Lipinski definition) is 2. The standard InChI is InChI=1S/C15H15FN2O4S/c1-22-15-7-4-11(9-13(15)16)14(18-19)8-10-2-5-12(6-3-10)23(17,20)21/h2-7,9,19H,8H2,1H3,(H2,17,20,21). The van der Waals surface area contributed by atoms with E-state index in [4.69, 9.17) is 15.1 Å². The number of oxime groups is 1. The van der Waals surface area contributed by atoms with E-state index < -0.39 is 15.8 Å². The Hall–Kier alpha value is -2.45. The van der Waals surface area contributed by atoms with E-state index in [2.05, 4.69) is 5.16 Å². The number of halogens is 1. The van der Waals surface area contributed by atoms with Gasteiger partial charge in [-0.1, -0.05) is 17.3 Å². The Balaban J connectivity index is 2.25. The first-order valence-corrected chi connectivity index (χ1v) is 8.06. The fourth-order valence-electron chi connectivity index (χ4n) is 2.03. The fourth-order valence-corrected chi connectivity index (χ4v) is 2.55. The summed E-state index contributed by atoms with van der Waals surface area (Å²) in [6, 6.07) is 10.0. The number of nitrogens with zero attached hydrogens (tertiary/aromatic N) is 1. The molecule has 122 valence electrons. The molecular weight excluding hydrogens is 323 g/mol. The molecule has 0 amide bonds. The van der Waals surface area contributed by atoms with E-state index in [9.17, 15) is 12.8 Å². The molecule has 0 saturated carbocycles. The van der Waals surface area contributed by atoms with Gasteiger partial charge in [-0.2, -0.15) is 0 Å². The highest BCUT2D eigenvalue weighted by atomic mass is 32.2. The molecule has 0 aliphatic carbocycles. The summed E-state index contributed by atoms with van der Waals surface area (Å²) in [5.41, 5.74) is 1.30. The van der Waals surface area contributed by atoms with Crippen molar-refractivity contribution in [3.63, 3.8) is 0 Å². The quantitative estimate of drug-likeness (QED) is 0.494. The average molecular weight is 338 g/mol. The molecule has 6 nitrogen and oxygen atoms in total. The highest BCUT2D eigenvalue weighted by molar-refractivity contribution is 7.89. The molecule has 0 saturated heterocycles. The van der Waals surface area contributed by atoms with Gasteiger partial charge in [-0.15, -0.1) is 0 Å². The number of ether oxygens (including phenoxy) is 1. The van der Waals surface area contributed by atoms with Crippen molar-refractivity contribution in [1.29, 1.82) is 0 Å². The average Bonchev–Trinajstić information content (AvgIpc) is 2.52. The van der Waals surface area contributed by atoms with Crippen molar-refractivity contribution in [1.82, 2.24) is 0 Å². The Labute approximate surface area is 133 Å². The van der Waals surface area contributed by atoms with Gasteiger partial charge in [-0.25, -0.2) is 17.9 Å². The minimum atomic E-state index is -3.76. The summed E-state index contributed by atoms with van der Waals surface area (Å²) in [5, 5.41) is 17.4. The van der Waals surface area contributed by atoms with Gasteiger partial charge in [0.05, 0.1) is 17.7 Å². The van der Waals surface area contributed by atoms with Gasteiger partial charge in [-0.05, 0) is 35.9 Å². The molecule has 0 atom stereocenters. The molecule has 0 aliphatic rings. The lowest BCUT2D eigenvalue weighted by molar-refractivity contribution is 0.318. The van der Waals surface area contributed by atoms with E-state index >= 15 is 0 Å². The summed E-state index contributed by atoms with van der Waals surface area (Å²) in [6.45, 7) is 0. The lowest BCUT2D eigenvalue weighted by Crippen LogP contribution is -2.12. The predicted octanol–water partition coefficient (Wildman–Crippen LogP) is 1.90. The fraction of sp³-hybridized carbons (Fsp3) is 0.133. The van der Waals surface area contributed by atoms with Crippen LogP contribution in [0.1, 0.15) is 11.1 Å². The predicted molar refractivity (Wildman–Crippen MR) is 82.8 cm³/mol. The monoisotopic (exact) mass is 338 g/mol. The van der Waals surface area contributed by atoms with Crippen LogP contribution in [-0.4, -0.2) is 26.4 Å². The van der Waals surface area contributed by atoms with Crippen LogP contribution in [-0.2, 0) is 16.4 Å². The number of rotatable bonds is 5. The number of primary sulfonamides is 1. The number of sulfonamides is 1. The maximum atomic E-state index is 13.7. The normalized spacial score (nSPS) is 12.2. The maximum Gasteiger partial charge on any atom is 0.238 e. The lowest BCUT2D eigenvalue weighted by Gasteiger charge is -2.08. The van der Waals surface area contributed by atoms with E-state index in [-0.39, 0.29) is 22.8 Å². The zero-order valence-corrected chi connectivity index (χ0v) is 13.0. The molecule has 2 rings (SSSR count). The summed E-state index contributed by atoms with van der Waals surface area (Å²) in [4.78, 5) is -0.0146. The summed E-state index contributed by atoms with van der Waals surface area (Å²) in [5.74, 6) is -0.487. The third kappa shape index (κ3) is 4.05. The van der Waals surface area contributed by atoms with Crippen molar-refractivity contribution in [3.05, 3.63) is 59.4 Å². The smallest absolute Gasteiger partial charge is 0.238 e.